The Morgan fingerprint density at radius 1 is 0.897 bits per heavy atom. The molecule has 0 aromatic heterocycles. The lowest BCUT2D eigenvalue weighted by molar-refractivity contribution is -0.151. The molecule has 0 spiro atoms. The van der Waals surface area contributed by atoms with Gasteiger partial charge in [0, 0.05) is 6.42 Å². The van der Waals surface area contributed by atoms with Crippen LogP contribution in [-0.4, -0.2) is 47.7 Å². The predicted octanol–water partition coefficient (Wildman–Crippen LogP) is 4.16. The third-order valence-corrected chi connectivity index (χ3v) is 6.31. The number of aliphatic hydroxyl groups is 1. The first-order chi connectivity index (χ1) is 18.7. The van der Waals surface area contributed by atoms with E-state index in [1.165, 1.54) is 0 Å². The predicted molar refractivity (Wildman–Crippen MR) is 154 cm³/mol. The van der Waals surface area contributed by atoms with Crippen molar-refractivity contribution in [3.05, 3.63) is 97.1 Å². The molecule has 7 nitrogen and oxygen atoms in total. The fraction of sp³-hybridized carbons (Fsp3) is 0.406. The minimum atomic E-state index is -0.852. The van der Waals surface area contributed by atoms with Crippen LogP contribution in [0.4, 0.5) is 0 Å². The van der Waals surface area contributed by atoms with Crippen LogP contribution in [0, 0.1) is 11.8 Å². The molecule has 210 valence electrons. The topological polar surface area (TPSA) is 105 Å². The number of hydrogen-bond acceptors (Lipinski definition) is 5. The van der Waals surface area contributed by atoms with E-state index in [-0.39, 0.29) is 43.3 Å². The second kappa shape index (κ2) is 16.3. The molecule has 0 heterocycles. The maximum Gasteiger partial charge on any atom is 0.309 e. The lowest BCUT2D eigenvalue weighted by atomic mass is 9.96. The van der Waals surface area contributed by atoms with Gasteiger partial charge >= 0.3 is 5.97 Å². The normalized spacial score (nSPS) is 13.4. The zero-order valence-corrected chi connectivity index (χ0v) is 23.1. The molecule has 0 radical (unpaired) electrons. The van der Waals surface area contributed by atoms with Gasteiger partial charge in [-0.15, -0.1) is 13.2 Å². The number of hydrogen-bond donors (Lipinski definition) is 3. The molecule has 7 heteroatoms. The number of rotatable bonds is 17. The summed E-state index contributed by atoms with van der Waals surface area (Å²) in [5.41, 5.74) is 1.17. The van der Waals surface area contributed by atoms with Crippen molar-refractivity contribution in [1.82, 2.24) is 10.6 Å². The maximum atomic E-state index is 13.1. The number of nitrogens with one attached hydrogen (secondary N) is 2. The summed E-state index contributed by atoms with van der Waals surface area (Å²) in [7, 11) is 0. The van der Waals surface area contributed by atoms with E-state index in [9.17, 15) is 19.5 Å². The number of ether oxygens (including phenoxy) is 1. The number of esters is 1. The van der Waals surface area contributed by atoms with Crippen molar-refractivity contribution < 1.29 is 24.2 Å². The van der Waals surface area contributed by atoms with Crippen molar-refractivity contribution in [2.24, 2.45) is 11.8 Å². The van der Waals surface area contributed by atoms with Gasteiger partial charge in [-0.1, -0.05) is 72.8 Å². The molecule has 0 aliphatic rings. The molecule has 0 saturated carbocycles. The number of aliphatic hydroxyl groups excluding tert-OH is 1. The van der Waals surface area contributed by atoms with Gasteiger partial charge in [0.2, 0.25) is 11.8 Å². The molecule has 0 fully saturated rings. The molecule has 3 atom stereocenters. The average molecular weight is 535 g/mol. The molecule has 0 saturated heterocycles. The van der Waals surface area contributed by atoms with E-state index < -0.39 is 17.5 Å². The Labute approximate surface area is 232 Å². The molecule has 2 rings (SSSR count). The minimum absolute atomic E-state index is 0.0172. The van der Waals surface area contributed by atoms with Crippen molar-refractivity contribution in [1.29, 1.82) is 0 Å². The van der Waals surface area contributed by atoms with Gasteiger partial charge in [0.25, 0.3) is 0 Å². The van der Waals surface area contributed by atoms with Crippen LogP contribution in [-0.2, 0) is 32.0 Å². The SMILES string of the molecule is C=CC[C@H](CC(=O)N[C@@H](CO)Cc1ccccc1)C(=O)NC(C)(C)COC(=O)[C@@H](CC=C)Cc1ccccc1. The quantitative estimate of drug-likeness (QED) is 0.209. The Balaban J connectivity index is 1.92. The third kappa shape index (κ3) is 11.7. The van der Waals surface area contributed by atoms with Gasteiger partial charge in [0.1, 0.15) is 6.61 Å². The van der Waals surface area contributed by atoms with E-state index in [0.717, 1.165) is 11.1 Å². The van der Waals surface area contributed by atoms with E-state index in [1.807, 2.05) is 60.7 Å². The Morgan fingerprint density at radius 2 is 1.44 bits per heavy atom. The van der Waals surface area contributed by atoms with Crippen molar-refractivity contribution >= 4 is 17.8 Å². The molecule has 2 amide bonds. The molecule has 0 aliphatic carbocycles. The summed E-state index contributed by atoms with van der Waals surface area (Å²) in [6, 6.07) is 18.8. The van der Waals surface area contributed by atoms with E-state index >= 15 is 0 Å². The van der Waals surface area contributed by atoms with Crippen LogP contribution in [0.3, 0.4) is 0 Å². The first-order valence-corrected chi connectivity index (χ1v) is 13.4. The highest BCUT2D eigenvalue weighted by molar-refractivity contribution is 5.86. The Hall–Kier alpha value is -3.71. The number of carbonyl (C=O) groups is 3. The molecule has 0 aliphatic heterocycles. The lowest BCUT2D eigenvalue weighted by Crippen LogP contribution is -2.50. The van der Waals surface area contributed by atoms with Gasteiger partial charge in [0.05, 0.1) is 30.0 Å². The molecule has 2 aromatic rings. The van der Waals surface area contributed by atoms with E-state index in [4.69, 9.17) is 4.74 Å². The van der Waals surface area contributed by atoms with E-state index in [0.29, 0.717) is 25.7 Å². The second-order valence-corrected chi connectivity index (χ2v) is 10.5. The zero-order valence-electron chi connectivity index (χ0n) is 23.1. The van der Waals surface area contributed by atoms with Gasteiger partial charge in [-0.05, 0) is 50.7 Å². The van der Waals surface area contributed by atoms with Crippen LogP contribution in [0.25, 0.3) is 0 Å². The van der Waals surface area contributed by atoms with Crippen LogP contribution in [0.1, 0.15) is 44.2 Å². The van der Waals surface area contributed by atoms with Crippen molar-refractivity contribution in [2.75, 3.05) is 13.2 Å². The summed E-state index contributed by atoms with van der Waals surface area (Å²) < 4.78 is 5.61. The highest BCUT2D eigenvalue weighted by Crippen LogP contribution is 2.17. The number of carbonyl (C=O) groups excluding carboxylic acids is 3. The summed E-state index contributed by atoms with van der Waals surface area (Å²) in [5, 5.41) is 15.5. The fourth-order valence-corrected chi connectivity index (χ4v) is 4.26. The van der Waals surface area contributed by atoms with Gasteiger partial charge in [0.15, 0.2) is 0 Å². The molecular formula is C32H42N2O5. The maximum absolute atomic E-state index is 13.1. The van der Waals surface area contributed by atoms with E-state index in [1.54, 1.807) is 26.0 Å². The first-order valence-electron chi connectivity index (χ1n) is 13.4. The van der Waals surface area contributed by atoms with Crippen molar-refractivity contribution in [2.45, 2.75) is 57.5 Å². The first kappa shape index (κ1) is 31.5. The van der Waals surface area contributed by atoms with E-state index in [2.05, 4.69) is 23.8 Å². The average Bonchev–Trinajstić information content (AvgIpc) is 2.91. The fourth-order valence-electron chi connectivity index (χ4n) is 4.26. The Morgan fingerprint density at radius 3 is 1.97 bits per heavy atom. The lowest BCUT2D eigenvalue weighted by Gasteiger charge is -2.29. The largest absolute Gasteiger partial charge is 0.463 e. The zero-order chi connectivity index (χ0) is 28.7. The van der Waals surface area contributed by atoms with Crippen molar-refractivity contribution in [3.8, 4) is 0 Å². The summed E-state index contributed by atoms with van der Waals surface area (Å²) >= 11 is 0. The highest BCUT2D eigenvalue weighted by Gasteiger charge is 2.30. The molecule has 0 bridgehead atoms. The van der Waals surface area contributed by atoms with Gasteiger partial charge in [-0.2, -0.15) is 0 Å². The monoisotopic (exact) mass is 534 g/mol. The van der Waals surface area contributed by atoms with Crippen LogP contribution < -0.4 is 10.6 Å². The standard InChI is InChI=1S/C32H42N2O5/c1-5-13-26(21-29(36)33-28(22-35)20-25-17-11-8-12-18-25)30(37)34-32(3,4)23-39-31(38)27(14-6-2)19-24-15-9-7-10-16-24/h5-12,15-18,26-28,35H,1-2,13-14,19-23H2,3-4H3,(H,33,36)(H,34,37)/t26-,27+,28-/m1/s1. The summed E-state index contributed by atoms with van der Waals surface area (Å²) in [4.78, 5) is 38.7. The molecule has 39 heavy (non-hydrogen) atoms. The molecule has 2 aromatic carbocycles. The summed E-state index contributed by atoms with van der Waals surface area (Å²) in [6.45, 7) is 10.8. The van der Waals surface area contributed by atoms with Gasteiger partial charge in [-0.25, -0.2) is 0 Å². The second-order valence-electron chi connectivity index (χ2n) is 10.5. The number of allylic oxidation sites excluding steroid dienone is 2. The van der Waals surface area contributed by atoms with Gasteiger partial charge < -0.3 is 20.5 Å². The molecule has 3 N–H and O–H groups in total. The number of benzene rings is 2. The van der Waals surface area contributed by atoms with Crippen molar-refractivity contribution in [3.63, 3.8) is 0 Å². The van der Waals surface area contributed by atoms with Gasteiger partial charge in [-0.3, -0.25) is 14.4 Å². The minimum Gasteiger partial charge on any atom is -0.463 e. The molecular weight excluding hydrogens is 492 g/mol. The third-order valence-electron chi connectivity index (χ3n) is 6.31. The van der Waals surface area contributed by atoms with Crippen LogP contribution in [0.15, 0.2) is 86.0 Å². The summed E-state index contributed by atoms with van der Waals surface area (Å²) in [5.74, 6) is -2.04. The smallest absolute Gasteiger partial charge is 0.309 e. The van der Waals surface area contributed by atoms with Crippen LogP contribution >= 0.6 is 0 Å². The van der Waals surface area contributed by atoms with Crippen LogP contribution in [0.5, 0.6) is 0 Å². The Kier molecular flexibility index (Phi) is 13.2. The number of amides is 2. The highest BCUT2D eigenvalue weighted by atomic mass is 16.5. The molecule has 0 unspecified atom stereocenters. The Bertz CT molecular complexity index is 1070. The van der Waals surface area contributed by atoms with Crippen LogP contribution in [0.2, 0.25) is 0 Å². The summed E-state index contributed by atoms with van der Waals surface area (Å²) in [6.07, 6.45) is 5.05.